The van der Waals surface area contributed by atoms with Gasteiger partial charge in [0.05, 0.1) is 32.7 Å². The van der Waals surface area contributed by atoms with Crippen molar-refractivity contribution in [3.63, 3.8) is 0 Å². The number of anilines is 1. The molecule has 0 aromatic heterocycles. The van der Waals surface area contributed by atoms with Crippen molar-refractivity contribution in [3.8, 4) is 16.9 Å². The van der Waals surface area contributed by atoms with Crippen molar-refractivity contribution in [1.29, 1.82) is 0 Å². The zero-order valence-corrected chi connectivity index (χ0v) is 19.0. The number of methoxy groups -OCH3 is 2. The smallest absolute Gasteiger partial charge is 0.416 e. The Bertz CT molecular complexity index is 1180. The molecule has 0 bridgehead atoms. The lowest BCUT2D eigenvalue weighted by Gasteiger charge is -2.24. The fourth-order valence-corrected chi connectivity index (χ4v) is 3.64. The number of ether oxygens (including phenoxy) is 2. The van der Waals surface area contributed by atoms with Gasteiger partial charge in [-0.2, -0.15) is 13.2 Å². The quantitative estimate of drug-likeness (QED) is 0.418. The van der Waals surface area contributed by atoms with Crippen LogP contribution in [0.4, 0.5) is 18.9 Å². The van der Waals surface area contributed by atoms with Gasteiger partial charge in [0.15, 0.2) is 0 Å². The summed E-state index contributed by atoms with van der Waals surface area (Å²) in [5, 5.41) is 0. The van der Waals surface area contributed by atoms with Crippen LogP contribution < -0.4 is 9.64 Å². The summed E-state index contributed by atoms with van der Waals surface area (Å²) in [6.45, 7) is 1.26. The minimum Gasteiger partial charge on any atom is -0.496 e. The molecule has 0 saturated heterocycles. The lowest BCUT2D eigenvalue weighted by Crippen LogP contribution is -2.28. The molecular formula is C26H24F3NO4. The van der Waals surface area contributed by atoms with Crippen molar-refractivity contribution in [1.82, 2.24) is 0 Å². The van der Waals surface area contributed by atoms with E-state index < -0.39 is 17.7 Å². The third kappa shape index (κ3) is 5.75. The zero-order valence-electron chi connectivity index (χ0n) is 19.0. The van der Waals surface area contributed by atoms with Gasteiger partial charge in [0, 0.05) is 18.2 Å². The fraction of sp³-hybridized carbons (Fsp3) is 0.231. The summed E-state index contributed by atoms with van der Waals surface area (Å²) < 4.78 is 50.8. The van der Waals surface area contributed by atoms with E-state index in [1.165, 1.54) is 32.1 Å². The fourth-order valence-electron chi connectivity index (χ4n) is 3.64. The molecule has 0 N–H and O–H groups in total. The van der Waals surface area contributed by atoms with E-state index in [1.54, 1.807) is 48.5 Å². The molecular weight excluding hydrogens is 447 g/mol. The molecule has 34 heavy (non-hydrogen) atoms. The van der Waals surface area contributed by atoms with Gasteiger partial charge in [0.1, 0.15) is 5.75 Å². The Kier molecular flexibility index (Phi) is 7.61. The second kappa shape index (κ2) is 10.4. The van der Waals surface area contributed by atoms with Gasteiger partial charge in [-0.1, -0.05) is 30.3 Å². The number of hydrogen-bond acceptors (Lipinski definition) is 4. The van der Waals surface area contributed by atoms with Crippen LogP contribution in [0.1, 0.15) is 23.6 Å². The predicted octanol–water partition coefficient (Wildman–Crippen LogP) is 5.65. The molecule has 0 spiro atoms. The molecule has 1 amide bonds. The maximum absolute atomic E-state index is 13.6. The lowest BCUT2D eigenvalue weighted by atomic mass is 9.94. The average Bonchev–Trinajstić information content (AvgIpc) is 2.82. The number of para-hydroxylation sites is 1. The van der Waals surface area contributed by atoms with E-state index in [2.05, 4.69) is 0 Å². The molecule has 0 atom stereocenters. The van der Waals surface area contributed by atoms with Crippen molar-refractivity contribution in [3.05, 3.63) is 83.4 Å². The van der Waals surface area contributed by atoms with Crippen LogP contribution in [0.3, 0.4) is 0 Å². The summed E-state index contributed by atoms with van der Waals surface area (Å²) in [6.07, 6.45) is -4.56. The highest BCUT2D eigenvalue weighted by Crippen LogP contribution is 2.38. The van der Waals surface area contributed by atoms with Crippen molar-refractivity contribution in [2.24, 2.45) is 0 Å². The Morgan fingerprint density at radius 1 is 0.912 bits per heavy atom. The second-order valence-electron chi connectivity index (χ2n) is 7.60. The van der Waals surface area contributed by atoms with E-state index in [0.717, 1.165) is 12.1 Å². The summed E-state index contributed by atoms with van der Waals surface area (Å²) >= 11 is 0. The maximum Gasteiger partial charge on any atom is 0.416 e. The van der Waals surface area contributed by atoms with Crippen LogP contribution in [0.2, 0.25) is 0 Å². The Morgan fingerprint density at radius 2 is 1.62 bits per heavy atom. The van der Waals surface area contributed by atoms with Gasteiger partial charge >= 0.3 is 12.1 Å². The Hall–Kier alpha value is -3.81. The summed E-state index contributed by atoms with van der Waals surface area (Å²) in [4.78, 5) is 25.6. The standard InChI is InChI=1S/C26H24F3NO4/c1-17(31)30(21-7-5-4-6-8-21)16-19-15-20(26(27,28)29)10-11-22(19)23-13-18(14-25(32)34-3)9-12-24(23)33-2/h4-13,15H,14,16H2,1-3H3. The summed E-state index contributed by atoms with van der Waals surface area (Å²) in [5.74, 6) is -0.347. The van der Waals surface area contributed by atoms with E-state index >= 15 is 0 Å². The number of amides is 1. The molecule has 0 unspecified atom stereocenters. The van der Waals surface area contributed by atoms with Gasteiger partial charge in [-0.3, -0.25) is 9.59 Å². The SMILES string of the molecule is COC(=O)Cc1ccc(OC)c(-c2ccc(C(F)(F)F)cc2CN(C(C)=O)c2ccccc2)c1. The van der Waals surface area contributed by atoms with E-state index in [0.29, 0.717) is 28.1 Å². The largest absolute Gasteiger partial charge is 0.496 e. The highest BCUT2D eigenvalue weighted by Gasteiger charge is 2.31. The maximum atomic E-state index is 13.6. The summed E-state index contributed by atoms with van der Waals surface area (Å²) in [7, 11) is 2.73. The molecule has 3 rings (SSSR count). The minimum absolute atomic E-state index is 0.00690. The Balaban J connectivity index is 2.17. The number of hydrogen-bond donors (Lipinski definition) is 0. The second-order valence-corrected chi connectivity index (χ2v) is 7.60. The first kappa shape index (κ1) is 24.8. The molecule has 8 heteroatoms. The highest BCUT2D eigenvalue weighted by atomic mass is 19.4. The molecule has 0 saturated carbocycles. The van der Waals surface area contributed by atoms with Crippen molar-refractivity contribution < 1.29 is 32.2 Å². The number of halogens is 3. The molecule has 0 aliphatic carbocycles. The summed E-state index contributed by atoms with van der Waals surface area (Å²) in [6, 6.07) is 17.1. The molecule has 5 nitrogen and oxygen atoms in total. The number of rotatable bonds is 7. The molecule has 0 aliphatic heterocycles. The first-order valence-corrected chi connectivity index (χ1v) is 10.4. The van der Waals surface area contributed by atoms with Gasteiger partial charge in [0.25, 0.3) is 0 Å². The van der Waals surface area contributed by atoms with E-state index in [4.69, 9.17) is 9.47 Å². The number of carbonyl (C=O) groups is 2. The van der Waals surface area contributed by atoms with Gasteiger partial charge < -0.3 is 14.4 Å². The first-order valence-electron chi connectivity index (χ1n) is 10.4. The summed E-state index contributed by atoms with van der Waals surface area (Å²) in [5.41, 5.74) is 1.59. The molecule has 0 fully saturated rings. The zero-order chi connectivity index (χ0) is 24.9. The van der Waals surface area contributed by atoms with Crippen LogP contribution >= 0.6 is 0 Å². The van der Waals surface area contributed by atoms with Crippen molar-refractivity contribution >= 4 is 17.6 Å². The number of alkyl halides is 3. The van der Waals surface area contributed by atoms with Crippen LogP contribution in [-0.4, -0.2) is 26.1 Å². The van der Waals surface area contributed by atoms with E-state index in [1.807, 2.05) is 0 Å². The monoisotopic (exact) mass is 471 g/mol. The van der Waals surface area contributed by atoms with Crippen LogP contribution in [0.25, 0.3) is 11.1 Å². The van der Waals surface area contributed by atoms with Gasteiger partial charge in [-0.05, 0) is 53.1 Å². The molecule has 3 aromatic carbocycles. The highest BCUT2D eigenvalue weighted by molar-refractivity contribution is 5.92. The Morgan fingerprint density at radius 3 is 2.21 bits per heavy atom. The van der Waals surface area contributed by atoms with E-state index in [9.17, 15) is 22.8 Å². The van der Waals surface area contributed by atoms with E-state index in [-0.39, 0.29) is 24.4 Å². The molecule has 3 aromatic rings. The van der Waals surface area contributed by atoms with Crippen LogP contribution in [0.5, 0.6) is 5.75 Å². The third-order valence-corrected chi connectivity index (χ3v) is 5.34. The number of benzene rings is 3. The number of nitrogens with zero attached hydrogens (tertiary/aromatic N) is 1. The average molecular weight is 471 g/mol. The number of carbonyl (C=O) groups excluding carboxylic acids is 2. The van der Waals surface area contributed by atoms with Crippen LogP contribution in [0, 0.1) is 0 Å². The van der Waals surface area contributed by atoms with Crippen LogP contribution in [0.15, 0.2) is 66.7 Å². The first-order chi connectivity index (χ1) is 16.1. The predicted molar refractivity (Wildman–Crippen MR) is 122 cm³/mol. The molecule has 0 heterocycles. The Labute approximate surface area is 195 Å². The van der Waals surface area contributed by atoms with Crippen LogP contribution in [-0.2, 0) is 33.5 Å². The van der Waals surface area contributed by atoms with Gasteiger partial charge in [0.2, 0.25) is 5.91 Å². The third-order valence-electron chi connectivity index (χ3n) is 5.34. The topological polar surface area (TPSA) is 55.8 Å². The van der Waals surface area contributed by atoms with Crippen molar-refractivity contribution in [2.75, 3.05) is 19.1 Å². The van der Waals surface area contributed by atoms with Gasteiger partial charge in [-0.25, -0.2) is 0 Å². The molecule has 178 valence electrons. The number of esters is 1. The van der Waals surface area contributed by atoms with Crippen molar-refractivity contribution in [2.45, 2.75) is 26.1 Å². The van der Waals surface area contributed by atoms with Gasteiger partial charge in [-0.15, -0.1) is 0 Å². The molecule has 0 radical (unpaired) electrons. The molecule has 0 aliphatic rings. The minimum atomic E-state index is -4.56. The lowest BCUT2D eigenvalue weighted by molar-refractivity contribution is -0.140. The normalized spacial score (nSPS) is 11.1.